The summed E-state index contributed by atoms with van der Waals surface area (Å²) in [5.41, 5.74) is 2.82. The lowest BCUT2D eigenvalue weighted by Gasteiger charge is -2.09. The first-order valence-corrected chi connectivity index (χ1v) is 6.17. The molecule has 0 amide bonds. The molecule has 2 rings (SSSR count). The molecule has 0 aliphatic rings. The fraction of sp³-hybridized carbons (Fsp3) is 0.286. The van der Waals surface area contributed by atoms with Crippen LogP contribution in [-0.4, -0.2) is 28.0 Å². The number of carboxylic acids is 1. The van der Waals surface area contributed by atoms with Gasteiger partial charge in [-0.15, -0.1) is 0 Å². The third-order valence-electron chi connectivity index (χ3n) is 2.99. The lowest BCUT2D eigenvalue weighted by Crippen LogP contribution is -2.10. The van der Waals surface area contributed by atoms with Crippen molar-refractivity contribution in [1.29, 1.82) is 0 Å². The minimum Gasteiger partial charge on any atom is -0.478 e. The van der Waals surface area contributed by atoms with Gasteiger partial charge >= 0.3 is 5.97 Å². The highest BCUT2D eigenvalue weighted by atomic mass is 16.5. The second kappa shape index (κ2) is 6.21. The highest BCUT2D eigenvalue weighted by molar-refractivity contribution is 5.88. The van der Waals surface area contributed by atoms with Crippen LogP contribution in [-0.2, 0) is 24.9 Å². The molecule has 1 aromatic carbocycles. The number of hydrogen-bond donors (Lipinski definition) is 2. The van der Waals surface area contributed by atoms with E-state index in [0.29, 0.717) is 18.8 Å². The van der Waals surface area contributed by atoms with Gasteiger partial charge < -0.3 is 15.2 Å². The molecule has 2 aromatic rings. The van der Waals surface area contributed by atoms with Gasteiger partial charge in [0.2, 0.25) is 0 Å². The first kappa shape index (κ1) is 14.1. The Labute approximate surface area is 117 Å². The Morgan fingerprint density at radius 2 is 2.30 bits per heavy atom. The van der Waals surface area contributed by atoms with Crippen molar-refractivity contribution in [2.45, 2.75) is 13.2 Å². The maximum atomic E-state index is 11.1. The average molecular weight is 275 g/mol. The van der Waals surface area contributed by atoms with Crippen molar-refractivity contribution in [2.24, 2.45) is 7.05 Å². The number of ether oxygens (including phenoxy) is 1. The molecule has 0 radical (unpaired) electrons. The molecule has 2 N–H and O–H groups in total. The van der Waals surface area contributed by atoms with E-state index in [4.69, 9.17) is 9.84 Å². The smallest absolute Gasteiger partial charge is 0.339 e. The Balaban J connectivity index is 2.11. The Morgan fingerprint density at radius 3 is 3.00 bits per heavy atom. The molecular formula is C14H17N3O3. The summed E-state index contributed by atoms with van der Waals surface area (Å²) in [5.74, 6) is -0.969. The number of hydrogen-bond acceptors (Lipinski definition) is 4. The number of anilines is 1. The zero-order valence-electron chi connectivity index (χ0n) is 11.5. The van der Waals surface area contributed by atoms with Crippen LogP contribution in [0.3, 0.4) is 0 Å². The highest BCUT2D eigenvalue weighted by Crippen LogP contribution is 2.14. The minimum absolute atomic E-state index is 0.216. The number of aromatic carboxylic acids is 1. The van der Waals surface area contributed by atoms with E-state index in [1.807, 2.05) is 24.3 Å². The standard InChI is InChI=1S/C14H17N3O3/c1-17-13(12(7-16-17)14(18)19)8-15-11-5-3-4-10(6-11)9-20-2/h3-7,15H,8-9H2,1-2H3,(H,18,19). The molecule has 0 spiro atoms. The molecule has 0 unspecified atom stereocenters. The first-order valence-electron chi connectivity index (χ1n) is 6.17. The fourth-order valence-electron chi connectivity index (χ4n) is 1.97. The summed E-state index contributed by atoms with van der Waals surface area (Å²) in [4.78, 5) is 11.1. The molecule has 0 saturated carbocycles. The van der Waals surface area contributed by atoms with Crippen LogP contribution in [0.1, 0.15) is 21.6 Å². The Kier molecular flexibility index (Phi) is 4.37. The van der Waals surface area contributed by atoms with Gasteiger partial charge in [0, 0.05) is 19.8 Å². The molecule has 6 heteroatoms. The Bertz CT molecular complexity index is 607. The van der Waals surface area contributed by atoms with Crippen LogP contribution in [0, 0.1) is 0 Å². The van der Waals surface area contributed by atoms with Crippen molar-refractivity contribution in [3.8, 4) is 0 Å². The van der Waals surface area contributed by atoms with Crippen molar-refractivity contribution in [3.05, 3.63) is 47.3 Å². The molecule has 1 aromatic heterocycles. The molecule has 106 valence electrons. The van der Waals surface area contributed by atoms with E-state index in [2.05, 4.69) is 10.4 Å². The summed E-state index contributed by atoms with van der Waals surface area (Å²) < 4.78 is 6.65. The van der Waals surface area contributed by atoms with Crippen LogP contribution in [0.25, 0.3) is 0 Å². The summed E-state index contributed by atoms with van der Waals surface area (Å²) in [7, 11) is 3.37. The van der Waals surface area contributed by atoms with Gasteiger partial charge in [0.15, 0.2) is 0 Å². The zero-order chi connectivity index (χ0) is 14.5. The second-order valence-corrected chi connectivity index (χ2v) is 4.42. The van der Waals surface area contributed by atoms with E-state index in [-0.39, 0.29) is 5.56 Å². The molecule has 0 saturated heterocycles. The molecule has 1 heterocycles. The Hall–Kier alpha value is -2.34. The maximum Gasteiger partial charge on any atom is 0.339 e. The predicted molar refractivity (Wildman–Crippen MR) is 74.6 cm³/mol. The summed E-state index contributed by atoms with van der Waals surface area (Å²) in [6.45, 7) is 0.941. The van der Waals surface area contributed by atoms with E-state index in [9.17, 15) is 4.79 Å². The molecule has 6 nitrogen and oxygen atoms in total. The number of aromatic nitrogens is 2. The summed E-state index contributed by atoms with van der Waals surface area (Å²) in [5, 5.41) is 16.3. The monoisotopic (exact) mass is 275 g/mol. The van der Waals surface area contributed by atoms with Gasteiger partial charge in [0.25, 0.3) is 0 Å². The van der Waals surface area contributed by atoms with E-state index in [1.54, 1.807) is 18.8 Å². The van der Waals surface area contributed by atoms with Crippen molar-refractivity contribution < 1.29 is 14.6 Å². The summed E-state index contributed by atoms with van der Waals surface area (Å²) in [6, 6.07) is 7.80. The van der Waals surface area contributed by atoms with Gasteiger partial charge in [-0.2, -0.15) is 5.10 Å². The SMILES string of the molecule is COCc1cccc(NCc2c(C(=O)O)cnn2C)c1. The number of nitrogens with one attached hydrogen (secondary N) is 1. The average Bonchev–Trinajstić information content (AvgIpc) is 2.79. The molecule has 0 bridgehead atoms. The van der Waals surface area contributed by atoms with Crippen molar-refractivity contribution in [2.75, 3.05) is 12.4 Å². The third kappa shape index (κ3) is 3.16. The highest BCUT2D eigenvalue weighted by Gasteiger charge is 2.14. The topological polar surface area (TPSA) is 76.4 Å². The molecule has 0 aliphatic carbocycles. The Morgan fingerprint density at radius 1 is 1.50 bits per heavy atom. The van der Waals surface area contributed by atoms with E-state index < -0.39 is 5.97 Å². The number of methoxy groups -OCH3 is 1. The van der Waals surface area contributed by atoms with Crippen LogP contribution < -0.4 is 5.32 Å². The predicted octanol–water partition coefficient (Wildman–Crippen LogP) is 1.88. The number of nitrogens with zero attached hydrogens (tertiary/aromatic N) is 2. The minimum atomic E-state index is -0.969. The lowest BCUT2D eigenvalue weighted by atomic mass is 10.2. The molecule has 0 aliphatic heterocycles. The molecule has 0 fully saturated rings. The van der Waals surface area contributed by atoms with Crippen molar-refractivity contribution in [3.63, 3.8) is 0 Å². The third-order valence-corrected chi connectivity index (χ3v) is 2.99. The van der Waals surface area contributed by atoms with E-state index >= 15 is 0 Å². The fourth-order valence-corrected chi connectivity index (χ4v) is 1.97. The van der Waals surface area contributed by atoms with Gasteiger partial charge in [0.05, 0.1) is 25.0 Å². The van der Waals surface area contributed by atoms with Crippen molar-refractivity contribution in [1.82, 2.24) is 9.78 Å². The molecule has 20 heavy (non-hydrogen) atoms. The largest absolute Gasteiger partial charge is 0.478 e. The molecular weight excluding hydrogens is 258 g/mol. The van der Waals surface area contributed by atoms with Crippen LogP contribution in [0.4, 0.5) is 5.69 Å². The number of rotatable bonds is 6. The van der Waals surface area contributed by atoms with Gasteiger partial charge in [-0.3, -0.25) is 4.68 Å². The number of carbonyl (C=O) groups is 1. The zero-order valence-corrected chi connectivity index (χ0v) is 11.5. The van der Waals surface area contributed by atoms with Crippen LogP contribution in [0.15, 0.2) is 30.5 Å². The number of benzene rings is 1. The van der Waals surface area contributed by atoms with Crippen LogP contribution >= 0.6 is 0 Å². The van der Waals surface area contributed by atoms with Gasteiger partial charge in [-0.05, 0) is 17.7 Å². The maximum absolute atomic E-state index is 11.1. The van der Waals surface area contributed by atoms with Gasteiger partial charge in [-0.1, -0.05) is 12.1 Å². The summed E-state index contributed by atoms with van der Waals surface area (Å²) >= 11 is 0. The molecule has 0 atom stereocenters. The van der Waals surface area contributed by atoms with Gasteiger partial charge in [-0.25, -0.2) is 4.79 Å². The lowest BCUT2D eigenvalue weighted by molar-refractivity contribution is 0.0695. The number of aryl methyl sites for hydroxylation is 1. The normalized spacial score (nSPS) is 10.5. The van der Waals surface area contributed by atoms with Gasteiger partial charge in [0.1, 0.15) is 5.56 Å². The summed E-state index contributed by atoms with van der Waals surface area (Å²) in [6.07, 6.45) is 1.36. The second-order valence-electron chi connectivity index (χ2n) is 4.42. The van der Waals surface area contributed by atoms with E-state index in [1.165, 1.54) is 6.20 Å². The first-order chi connectivity index (χ1) is 9.61. The number of carboxylic acid groups (broad SMARTS) is 1. The quantitative estimate of drug-likeness (QED) is 0.841. The van der Waals surface area contributed by atoms with E-state index in [0.717, 1.165) is 11.3 Å². The van der Waals surface area contributed by atoms with Crippen molar-refractivity contribution >= 4 is 11.7 Å². The van der Waals surface area contributed by atoms with Crippen LogP contribution in [0.5, 0.6) is 0 Å². The van der Waals surface area contributed by atoms with Crippen LogP contribution in [0.2, 0.25) is 0 Å².